The summed E-state index contributed by atoms with van der Waals surface area (Å²) in [5.74, 6) is 1.29. The number of fused-ring (bicyclic) bond motifs is 1. The summed E-state index contributed by atoms with van der Waals surface area (Å²) >= 11 is 1.51. The molecule has 0 radical (unpaired) electrons. The summed E-state index contributed by atoms with van der Waals surface area (Å²) in [6.45, 7) is 4.18. The Morgan fingerprint density at radius 2 is 1.71 bits per heavy atom. The van der Waals surface area contributed by atoms with Gasteiger partial charge in [-0.25, -0.2) is 4.99 Å². The molecule has 0 spiro atoms. The average Bonchev–Trinajstić information content (AvgIpc) is 3.21. The number of benzene rings is 2. The zero-order chi connectivity index (χ0) is 21.8. The van der Waals surface area contributed by atoms with Crippen LogP contribution in [0.5, 0.6) is 5.75 Å². The summed E-state index contributed by atoms with van der Waals surface area (Å²) in [7, 11) is 1.66. The Morgan fingerprint density at radius 3 is 2.35 bits per heavy atom. The molecule has 5 nitrogen and oxygen atoms in total. The maximum absolute atomic E-state index is 12.5. The van der Waals surface area contributed by atoms with Gasteiger partial charge in [0.1, 0.15) is 5.75 Å². The van der Waals surface area contributed by atoms with Gasteiger partial charge in [-0.05, 0) is 79.8 Å². The number of methoxy groups -OCH3 is 1. The zero-order valence-corrected chi connectivity index (χ0v) is 19.2. The van der Waals surface area contributed by atoms with Crippen LogP contribution >= 0.6 is 11.8 Å². The van der Waals surface area contributed by atoms with Gasteiger partial charge in [0.15, 0.2) is 0 Å². The van der Waals surface area contributed by atoms with Gasteiger partial charge < -0.3 is 10.1 Å². The molecule has 2 aromatic rings. The van der Waals surface area contributed by atoms with Crippen molar-refractivity contribution >= 4 is 39.8 Å². The predicted molar refractivity (Wildman–Crippen MR) is 130 cm³/mol. The van der Waals surface area contributed by atoms with Crippen molar-refractivity contribution in [1.29, 1.82) is 0 Å². The fourth-order valence-electron chi connectivity index (χ4n) is 3.99. The lowest BCUT2D eigenvalue weighted by molar-refractivity contribution is -0.119. The third-order valence-corrected chi connectivity index (χ3v) is 6.90. The van der Waals surface area contributed by atoms with E-state index in [0.717, 1.165) is 46.3 Å². The smallest absolute Gasteiger partial charge is 0.230 e. The largest absolute Gasteiger partial charge is 0.497 e. The molecule has 1 aliphatic carbocycles. The van der Waals surface area contributed by atoms with E-state index in [4.69, 9.17) is 14.7 Å². The molecule has 1 aliphatic heterocycles. The summed E-state index contributed by atoms with van der Waals surface area (Å²) in [4.78, 5) is 22.4. The van der Waals surface area contributed by atoms with Crippen LogP contribution in [0.4, 0.5) is 11.4 Å². The van der Waals surface area contributed by atoms with E-state index in [0.29, 0.717) is 18.2 Å². The van der Waals surface area contributed by atoms with Gasteiger partial charge in [-0.15, -0.1) is 11.8 Å². The number of hydrogen-bond acceptors (Lipinski definition) is 5. The molecule has 4 rings (SSSR count). The van der Waals surface area contributed by atoms with E-state index >= 15 is 0 Å². The van der Waals surface area contributed by atoms with E-state index in [1.165, 1.54) is 35.7 Å². The minimum atomic E-state index is 0.0899. The van der Waals surface area contributed by atoms with Crippen LogP contribution in [-0.2, 0) is 4.79 Å². The molecule has 1 N–H and O–H groups in total. The Kier molecular flexibility index (Phi) is 6.76. The second-order valence-electron chi connectivity index (χ2n) is 8.23. The van der Waals surface area contributed by atoms with Crippen LogP contribution < -0.4 is 10.1 Å². The topological polar surface area (TPSA) is 63.1 Å². The molecule has 1 heterocycles. The number of thioether (sulfide) groups is 1. The van der Waals surface area contributed by atoms with Crippen LogP contribution in [0, 0.1) is 13.8 Å². The minimum absolute atomic E-state index is 0.0899. The summed E-state index contributed by atoms with van der Waals surface area (Å²) in [5, 5.41) is 4.08. The molecule has 31 heavy (non-hydrogen) atoms. The molecule has 2 aliphatic rings. The normalized spacial score (nSPS) is 16.2. The van der Waals surface area contributed by atoms with Gasteiger partial charge in [-0.3, -0.25) is 9.79 Å². The van der Waals surface area contributed by atoms with Crippen LogP contribution in [-0.4, -0.2) is 35.6 Å². The summed E-state index contributed by atoms with van der Waals surface area (Å²) in [6.07, 6.45) is 5.21. The van der Waals surface area contributed by atoms with Crippen LogP contribution in [0.1, 0.15) is 48.8 Å². The second-order valence-corrected chi connectivity index (χ2v) is 9.28. The SMILES string of the molecule is COc1ccc(C2=Nc3cc(C)c(C)cc3N=C(SCC(=O)NC3CCCC3)C2)cc1. The number of ether oxygens (including phenoxy) is 1. The van der Waals surface area contributed by atoms with E-state index in [-0.39, 0.29) is 5.91 Å². The highest BCUT2D eigenvalue weighted by Crippen LogP contribution is 2.36. The van der Waals surface area contributed by atoms with Crippen molar-refractivity contribution in [1.82, 2.24) is 5.32 Å². The molecular formula is C25H29N3O2S. The van der Waals surface area contributed by atoms with Crippen LogP contribution in [0.15, 0.2) is 46.4 Å². The van der Waals surface area contributed by atoms with Crippen molar-refractivity contribution < 1.29 is 9.53 Å². The Labute approximate surface area is 188 Å². The first-order valence-electron chi connectivity index (χ1n) is 10.8. The second kappa shape index (κ2) is 9.69. The van der Waals surface area contributed by atoms with E-state index in [9.17, 15) is 4.79 Å². The maximum atomic E-state index is 12.5. The van der Waals surface area contributed by atoms with Crippen molar-refractivity contribution in [3.63, 3.8) is 0 Å². The monoisotopic (exact) mass is 435 g/mol. The molecule has 1 fully saturated rings. The third-order valence-electron chi connectivity index (χ3n) is 5.92. The Hall–Kier alpha value is -2.60. The molecule has 0 aromatic heterocycles. The van der Waals surface area contributed by atoms with E-state index < -0.39 is 0 Å². The minimum Gasteiger partial charge on any atom is -0.497 e. The summed E-state index contributed by atoms with van der Waals surface area (Å²) in [5.41, 5.74) is 6.11. The fourth-order valence-corrected chi connectivity index (χ4v) is 4.77. The van der Waals surface area contributed by atoms with Crippen molar-refractivity contribution in [2.45, 2.75) is 52.0 Å². The molecule has 1 saturated carbocycles. The molecule has 1 amide bonds. The van der Waals surface area contributed by atoms with Gasteiger partial charge in [0.2, 0.25) is 5.91 Å². The first kappa shape index (κ1) is 21.6. The Morgan fingerprint density at radius 1 is 1.06 bits per heavy atom. The van der Waals surface area contributed by atoms with Crippen LogP contribution in [0.2, 0.25) is 0 Å². The van der Waals surface area contributed by atoms with Gasteiger partial charge in [0.25, 0.3) is 0 Å². The Bertz CT molecular complexity index is 1020. The van der Waals surface area contributed by atoms with E-state index in [1.807, 2.05) is 24.3 Å². The van der Waals surface area contributed by atoms with Gasteiger partial charge in [-0.2, -0.15) is 0 Å². The number of aliphatic imine (C=N–C) groups is 2. The molecule has 0 saturated heterocycles. The highest BCUT2D eigenvalue weighted by atomic mass is 32.2. The molecule has 162 valence electrons. The van der Waals surface area contributed by atoms with E-state index in [1.54, 1.807) is 7.11 Å². The molecular weight excluding hydrogens is 406 g/mol. The highest BCUT2D eigenvalue weighted by molar-refractivity contribution is 8.14. The quantitative estimate of drug-likeness (QED) is 0.659. The average molecular weight is 436 g/mol. The lowest BCUT2D eigenvalue weighted by Gasteiger charge is -2.12. The highest BCUT2D eigenvalue weighted by Gasteiger charge is 2.20. The van der Waals surface area contributed by atoms with Crippen LogP contribution in [0.3, 0.4) is 0 Å². The number of amides is 1. The van der Waals surface area contributed by atoms with E-state index in [2.05, 4.69) is 31.3 Å². The molecule has 0 bridgehead atoms. The number of aryl methyl sites for hydroxylation is 2. The van der Waals surface area contributed by atoms with Gasteiger partial charge in [0.05, 0.1) is 35.0 Å². The molecule has 0 atom stereocenters. The van der Waals surface area contributed by atoms with Crippen molar-refractivity contribution in [2.24, 2.45) is 9.98 Å². The van der Waals surface area contributed by atoms with Crippen molar-refractivity contribution in [3.8, 4) is 5.75 Å². The predicted octanol–water partition coefficient (Wildman–Crippen LogP) is 5.66. The molecule has 2 aromatic carbocycles. The molecule has 0 unspecified atom stereocenters. The lowest BCUT2D eigenvalue weighted by atomic mass is 10.1. The lowest BCUT2D eigenvalue weighted by Crippen LogP contribution is -2.34. The van der Waals surface area contributed by atoms with Gasteiger partial charge in [-0.1, -0.05) is 12.8 Å². The summed E-state index contributed by atoms with van der Waals surface area (Å²) < 4.78 is 5.29. The first-order chi connectivity index (χ1) is 15.0. The Balaban J connectivity index is 1.58. The number of nitrogens with zero attached hydrogens (tertiary/aromatic N) is 2. The number of nitrogens with one attached hydrogen (secondary N) is 1. The standard InChI is InChI=1S/C25H29N3O2S/c1-16-12-22-23(13-17(16)2)28-25(31-15-24(29)26-19-6-4-5-7-19)14-21(27-22)18-8-10-20(30-3)11-9-18/h8-13,19H,4-7,14-15H2,1-3H3,(H,26,29). The zero-order valence-electron chi connectivity index (χ0n) is 18.4. The number of carbonyl (C=O) groups excluding carboxylic acids is 1. The number of carbonyl (C=O) groups is 1. The van der Waals surface area contributed by atoms with Gasteiger partial charge >= 0.3 is 0 Å². The fraction of sp³-hybridized carbons (Fsp3) is 0.400. The van der Waals surface area contributed by atoms with Crippen LogP contribution in [0.25, 0.3) is 0 Å². The first-order valence-corrected chi connectivity index (χ1v) is 11.8. The maximum Gasteiger partial charge on any atom is 0.230 e. The van der Waals surface area contributed by atoms with Crippen molar-refractivity contribution in [2.75, 3.05) is 12.9 Å². The summed E-state index contributed by atoms with van der Waals surface area (Å²) in [6, 6.07) is 12.5. The van der Waals surface area contributed by atoms with Gasteiger partial charge in [0, 0.05) is 12.5 Å². The number of hydrogen-bond donors (Lipinski definition) is 1. The molecule has 6 heteroatoms. The van der Waals surface area contributed by atoms with Crippen molar-refractivity contribution in [3.05, 3.63) is 53.1 Å². The third kappa shape index (κ3) is 5.37. The number of rotatable bonds is 5.